The Morgan fingerprint density at radius 1 is 0.909 bits per heavy atom. The molecule has 0 saturated carbocycles. The van der Waals surface area contributed by atoms with Crippen molar-refractivity contribution in [3.8, 4) is 0 Å². The molecule has 2 heterocycles. The van der Waals surface area contributed by atoms with Crippen LogP contribution in [0, 0.1) is 0 Å². The Bertz CT molecular complexity index is 1260. The first kappa shape index (κ1) is 22.9. The van der Waals surface area contributed by atoms with Crippen molar-refractivity contribution >= 4 is 65.2 Å². The van der Waals surface area contributed by atoms with Gasteiger partial charge in [0.1, 0.15) is 9.83 Å². The van der Waals surface area contributed by atoms with Gasteiger partial charge in [0.2, 0.25) is 5.13 Å². The predicted octanol–water partition coefficient (Wildman–Crippen LogP) is 8.63. The Hall–Kier alpha value is -3.30. The van der Waals surface area contributed by atoms with Crippen molar-refractivity contribution in [2.45, 2.75) is 27.2 Å². The maximum Gasteiger partial charge on any atom is 0.231 e. The van der Waals surface area contributed by atoms with E-state index in [-0.39, 0.29) is 5.78 Å². The van der Waals surface area contributed by atoms with Crippen LogP contribution >= 0.6 is 22.7 Å². The number of aromatic nitrogens is 1. The summed E-state index contributed by atoms with van der Waals surface area (Å²) in [6.07, 6.45) is 1.12. The summed E-state index contributed by atoms with van der Waals surface area (Å²) < 4.78 is 1.00. The summed E-state index contributed by atoms with van der Waals surface area (Å²) in [5.41, 5.74) is 3.36. The zero-order chi connectivity index (χ0) is 23.2. The van der Waals surface area contributed by atoms with Crippen molar-refractivity contribution in [3.63, 3.8) is 0 Å². The molecule has 0 aliphatic heterocycles. The van der Waals surface area contributed by atoms with Crippen molar-refractivity contribution < 1.29 is 4.79 Å². The molecule has 0 spiro atoms. The van der Waals surface area contributed by atoms with Gasteiger partial charge in [-0.15, -0.1) is 20.5 Å². The lowest BCUT2D eigenvalue weighted by molar-refractivity contribution is 0.101. The van der Waals surface area contributed by atoms with Crippen LogP contribution in [0.5, 0.6) is 0 Å². The number of nitrogens with zero attached hydrogens (tertiary/aromatic N) is 6. The number of thiazole rings is 1. The van der Waals surface area contributed by atoms with Crippen LogP contribution in [-0.2, 0) is 0 Å². The normalized spacial score (nSPS) is 11.7. The third-order valence-corrected chi connectivity index (χ3v) is 6.87. The Kier molecular flexibility index (Phi) is 7.31. The van der Waals surface area contributed by atoms with Gasteiger partial charge in [0.25, 0.3) is 0 Å². The second-order valence-electron chi connectivity index (χ2n) is 7.35. The molecule has 0 aliphatic rings. The number of hydrogen-bond donors (Lipinski definition) is 0. The number of carbonyl (C=O) groups excluding carboxylic acids is 1. The molecule has 33 heavy (non-hydrogen) atoms. The molecule has 0 amide bonds. The standard InChI is InChI=1S/C24H24N6OS2/c1-4-14-30(5-2)20-12-10-19(11-13-20)27-29-24-25-23-21(32-24)15-22(33-23)28-26-18-8-6-17(7-9-18)16(3)31/h6-13,15H,4-5,14H2,1-3H3. The monoisotopic (exact) mass is 476 g/mol. The molecule has 7 nitrogen and oxygen atoms in total. The van der Waals surface area contributed by atoms with Gasteiger partial charge >= 0.3 is 0 Å². The molecule has 168 valence electrons. The minimum absolute atomic E-state index is 0.0307. The van der Waals surface area contributed by atoms with Crippen LogP contribution in [0.3, 0.4) is 0 Å². The predicted molar refractivity (Wildman–Crippen MR) is 137 cm³/mol. The summed E-state index contributed by atoms with van der Waals surface area (Å²) >= 11 is 2.93. The van der Waals surface area contributed by atoms with Gasteiger partial charge in [-0.2, -0.15) is 0 Å². The van der Waals surface area contributed by atoms with Crippen LogP contribution in [0.25, 0.3) is 9.53 Å². The van der Waals surface area contributed by atoms with Gasteiger partial charge in [-0.3, -0.25) is 4.79 Å². The molecule has 9 heteroatoms. The highest BCUT2D eigenvalue weighted by molar-refractivity contribution is 7.30. The van der Waals surface area contributed by atoms with Crippen molar-refractivity contribution in [3.05, 3.63) is 60.2 Å². The van der Waals surface area contributed by atoms with Gasteiger partial charge < -0.3 is 4.90 Å². The topological polar surface area (TPSA) is 82.6 Å². The molecule has 2 aromatic carbocycles. The highest BCUT2D eigenvalue weighted by atomic mass is 32.1. The van der Waals surface area contributed by atoms with Crippen LogP contribution < -0.4 is 4.90 Å². The second kappa shape index (κ2) is 10.5. The summed E-state index contributed by atoms with van der Waals surface area (Å²) in [5.74, 6) is 0.0307. The Balaban J connectivity index is 1.41. The molecule has 0 unspecified atom stereocenters. The summed E-state index contributed by atoms with van der Waals surface area (Å²) in [6.45, 7) is 7.92. The largest absolute Gasteiger partial charge is 0.372 e. The summed E-state index contributed by atoms with van der Waals surface area (Å²) in [7, 11) is 0. The molecule has 0 aliphatic carbocycles. The number of hydrogen-bond acceptors (Lipinski definition) is 9. The molecular weight excluding hydrogens is 452 g/mol. The molecule has 0 bridgehead atoms. The number of ketones is 1. The maximum absolute atomic E-state index is 11.4. The van der Waals surface area contributed by atoms with Crippen LogP contribution in [-0.4, -0.2) is 23.9 Å². The lowest BCUT2D eigenvalue weighted by Gasteiger charge is -2.22. The van der Waals surface area contributed by atoms with Gasteiger partial charge in [0.05, 0.1) is 16.1 Å². The third-order valence-electron chi connectivity index (χ3n) is 4.94. The van der Waals surface area contributed by atoms with E-state index in [9.17, 15) is 4.79 Å². The van der Waals surface area contributed by atoms with E-state index in [2.05, 4.69) is 56.3 Å². The van der Waals surface area contributed by atoms with E-state index in [1.165, 1.54) is 28.4 Å². The van der Waals surface area contributed by atoms with Gasteiger partial charge in [0.15, 0.2) is 5.78 Å². The summed E-state index contributed by atoms with van der Waals surface area (Å²) in [5, 5.41) is 18.6. The fourth-order valence-electron chi connectivity index (χ4n) is 3.24. The molecule has 4 rings (SSSR count). The SMILES string of the molecule is CCCN(CC)c1ccc(N=Nc2nc3sc(N=Nc4ccc(C(C)=O)cc4)cc3s2)cc1. The number of benzene rings is 2. The van der Waals surface area contributed by atoms with Crippen molar-refractivity contribution in [2.24, 2.45) is 20.5 Å². The fraction of sp³-hybridized carbons (Fsp3) is 0.250. The van der Waals surface area contributed by atoms with Crippen LogP contribution in [0.2, 0.25) is 0 Å². The molecule has 0 fully saturated rings. The number of azo groups is 2. The molecule has 0 saturated heterocycles. The average molecular weight is 477 g/mol. The fourth-order valence-corrected chi connectivity index (χ4v) is 5.09. The van der Waals surface area contributed by atoms with E-state index in [0.29, 0.717) is 16.4 Å². The van der Waals surface area contributed by atoms with Crippen molar-refractivity contribution in [1.82, 2.24) is 4.98 Å². The van der Waals surface area contributed by atoms with Crippen LogP contribution in [0.15, 0.2) is 75.1 Å². The lowest BCUT2D eigenvalue weighted by atomic mass is 10.1. The molecule has 0 radical (unpaired) electrons. The highest BCUT2D eigenvalue weighted by Crippen LogP contribution is 2.39. The van der Waals surface area contributed by atoms with Gasteiger partial charge in [-0.25, -0.2) is 4.98 Å². The zero-order valence-electron chi connectivity index (χ0n) is 18.7. The average Bonchev–Trinajstić information content (AvgIpc) is 3.39. The van der Waals surface area contributed by atoms with Crippen molar-refractivity contribution in [1.29, 1.82) is 0 Å². The first-order chi connectivity index (χ1) is 16.1. The Labute approximate surface area is 200 Å². The first-order valence-electron chi connectivity index (χ1n) is 10.8. The second-order valence-corrected chi connectivity index (χ2v) is 9.37. The number of rotatable bonds is 9. The highest BCUT2D eigenvalue weighted by Gasteiger charge is 2.09. The lowest BCUT2D eigenvalue weighted by Crippen LogP contribution is -2.23. The summed E-state index contributed by atoms with van der Waals surface area (Å²) in [6, 6.07) is 17.1. The van der Waals surface area contributed by atoms with E-state index in [1.807, 2.05) is 18.2 Å². The minimum Gasteiger partial charge on any atom is -0.372 e. The van der Waals surface area contributed by atoms with E-state index < -0.39 is 0 Å². The van der Waals surface area contributed by atoms with E-state index in [0.717, 1.165) is 39.7 Å². The van der Waals surface area contributed by atoms with Crippen LogP contribution in [0.1, 0.15) is 37.6 Å². The Morgan fingerprint density at radius 3 is 2.18 bits per heavy atom. The smallest absolute Gasteiger partial charge is 0.231 e. The van der Waals surface area contributed by atoms with Crippen molar-refractivity contribution in [2.75, 3.05) is 18.0 Å². The minimum atomic E-state index is 0.0307. The Morgan fingerprint density at radius 2 is 1.58 bits per heavy atom. The number of anilines is 1. The summed E-state index contributed by atoms with van der Waals surface area (Å²) in [4.78, 5) is 19.1. The number of carbonyl (C=O) groups is 1. The van der Waals surface area contributed by atoms with Gasteiger partial charge in [-0.05, 0) is 74.9 Å². The van der Waals surface area contributed by atoms with E-state index in [4.69, 9.17) is 0 Å². The van der Waals surface area contributed by atoms with E-state index >= 15 is 0 Å². The van der Waals surface area contributed by atoms with Gasteiger partial charge in [-0.1, -0.05) is 29.6 Å². The molecule has 4 aromatic rings. The van der Waals surface area contributed by atoms with Gasteiger partial charge in [0, 0.05) is 24.3 Å². The maximum atomic E-state index is 11.4. The zero-order valence-corrected chi connectivity index (χ0v) is 20.4. The number of Topliss-reactive ketones (excluding diaryl/α,β-unsaturated/α-hetero) is 1. The molecule has 0 atom stereocenters. The van der Waals surface area contributed by atoms with E-state index in [1.54, 1.807) is 31.2 Å². The first-order valence-corrected chi connectivity index (χ1v) is 12.4. The molecular formula is C24H24N6OS2. The molecule has 2 aromatic heterocycles. The number of thiophene rings is 1. The molecule has 0 N–H and O–H groups in total. The quantitative estimate of drug-likeness (QED) is 0.179. The number of fused-ring (bicyclic) bond motifs is 1. The van der Waals surface area contributed by atoms with Crippen LogP contribution in [0.4, 0.5) is 27.2 Å². The third kappa shape index (κ3) is 5.74.